The number of aromatic nitrogens is 7. The van der Waals surface area contributed by atoms with Crippen LogP contribution in [0, 0.1) is 6.33 Å². The largest absolute Gasteiger partial charge is 0.332 e. The minimum absolute atomic E-state index is 0.522. The number of nitrogens with zero attached hydrogens (tertiary/aromatic N) is 5. The molecule has 0 spiro atoms. The first-order valence-corrected chi connectivity index (χ1v) is 4.93. The highest BCUT2D eigenvalue weighted by Gasteiger charge is 2.15. The maximum absolute atomic E-state index is 4.16. The van der Waals surface area contributed by atoms with E-state index in [1.54, 1.807) is 6.20 Å². The summed E-state index contributed by atoms with van der Waals surface area (Å²) in [4.78, 5) is 11.1. The Hall–Kier alpha value is -2.09. The zero-order valence-corrected chi connectivity index (χ0v) is 8.12. The van der Waals surface area contributed by atoms with Crippen molar-refractivity contribution in [1.82, 2.24) is 35.6 Å². The van der Waals surface area contributed by atoms with Crippen LogP contribution in [0.1, 0.15) is 0 Å². The van der Waals surface area contributed by atoms with Crippen LogP contribution in [0.25, 0.3) is 22.2 Å². The van der Waals surface area contributed by atoms with E-state index in [1.165, 1.54) is 11.3 Å². The lowest BCUT2D eigenvalue weighted by Crippen LogP contribution is -1.85. The minimum atomic E-state index is 0.522. The fraction of sp³-hybridized carbons (Fsp3) is 0. The van der Waals surface area contributed by atoms with Crippen LogP contribution in [0.5, 0.6) is 0 Å². The highest BCUT2D eigenvalue weighted by atomic mass is 32.1. The van der Waals surface area contributed by atoms with Crippen molar-refractivity contribution >= 4 is 11.3 Å². The molecular weight excluding hydrogens is 214 g/mol. The maximum Gasteiger partial charge on any atom is 0.198 e. The molecule has 3 heterocycles. The molecule has 1 radical (unpaired) electrons. The number of tetrazole rings is 1. The first-order valence-electron chi connectivity index (χ1n) is 4.05. The van der Waals surface area contributed by atoms with Crippen LogP contribution >= 0.6 is 11.3 Å². The number of H-pyrrole nitrogens is 2. The molecule has 15 heavy (non-hydrogen) atoms. The van der Waals surface area contributed by atoms with Crippen molar-refractivity contribution in [2.75, 3.05) is 0 Å². The van der Waals surface area contributed by atoms with Gasteiger partial charge in [0.15, 0.2) is 12.2 Å². The average molecular weight is 218 g/mol. The third kappa shape index (κ3) is 1.31. The summed E-state index contributed by atoms with van der Waals surface area (Å²) in [6.45, 7) is 0. The highest BCUT2D eigenvalue weighted by Crippen LogP contribution is 2.27. The second-order valence-corrected chi connectivity index (χ2v) is 3.55. The number of hydrogen-bond acceptors (Lipinski definition) is 6. The van der Waals surface area contributed by atoms with Gasteiger partial charge in [-0.3, -0.25) is 0 Å². The highest BCUT2D eigenvalue weighted by molar-refractivity contribution is 7.13. The molecule has 0 aliphatic carbocycles. The van der Waals surface area contributed by atoms with Gasteiger partial charge in [-0.05, 0) is 10.4 Å². The molecule has 0 aliphatic rings. The van der Waals surface area contributed by atoms with E-state index in [4.69, 9.17) is 0 Å². The molecule has 3 aromatic heterocycles. The van der Waals surface area contributed by atoms with Gasteiger partial charge in [0.1, 0.15) is 16.4 Å². The molecule has 7 nitrogen and oxygen atoms in total. The van der Waals surface area contributed by atoms with Crippen molar-refractivity contribution in [1.29, 1.82) is 0 Å². The number of rotatable bonds is 2. The van der Waals surface area contributed by atoms with Gasteiger partial charge in [0.05, 0.1) is 0 Å². The number of aromatic amines is 2. The second-order valence-electron chi connectivity index (χ2n) is 2.66. The molecule has 0 amide bonds. The third-order valence-electron chi connectivity index (χ3n) is 1.80. The smallest absolute Gasteiger partial charge is 0.198 e. The number of imidazole rings is 1. The Bertz CT molecular complexity index is 489. The molecule has 3 rings (SSSR count). The average Bonchev–Trinajstić information content (AvgIpc) is 3.01. The fourth-order valence-electron chi connectivity index (χ4n) is 1.19. The van der Waals surface area contributed by atoms with Crippen LogP contribution in [-0.2, 0) is 0 Å². The van der Waals surface area contributed by atoms with Gasteiger partial charge >= 0.3 is 0 Å². The van der Waals surface area contributed by atoms with E-state index in [9.17, 15) is 0 Å². The molecule has 0 aliphatic heterocycles. The van der Waals surface area contributed by atoms with Crippen molar-refractivity contribution in [2.45, 2.75) is 0 Å². The lowest BCUT2D eigenvalue weighted by molar-refractivity contribution is 0.881. The molecular formula is C7H4N7S. The normalized spacial score (nSPS) is 10.7. The molecule has 0 saturated carbocycles. The van der Waals surface area contributed by atoms with Crippen molar-refractivity contribution in [2.24, 2.45) is 0 Å². The molecule has 2 N–H and O–H groups in total. The SMILES string of the molecule is [c]1nc(-c2nccs2)c(-c2nnn[nH]2)[nH]1. The summed E-state index contributed by atoms with van der Waals surface area (Å²) in [5.74, 6) is 0.522. The van der Waals surface area contributed by atoms with Crippen molar-refractivity contribution < 1.29 is 0 Å². The topological polar surface area (TPSA) is 96.0 Å². The van der Waals surface area contributed by atoms with Crippen LogP contribution in [0.15, 0.2) is 11.6 Å². The molecule has 0 unspecified atom stereocenters. The molecule has 0 saturated heterocycles. The van der Waals surface area contributed by atoms with E-state index in [0.29, 0.717) is 17.2 Å². The Balaban J connectivity index is 2.15. The second kappa shape index (κ2) is 3.24. The van der Waals surface area contributed by atoms with Gasteiger partial charge in [-0.25, -0.2) is 15.1 Å². The van der Waals surface area contributed by atoms with Crippen LogP contribution in [0.4, 0.5) is 0 Å². The van der Waals surface area contributed by atoms with Crippen LogP contribution in [0.2, 0.25) is 0 Å². The molecule has 0 aromatic carbocycles. The van der Waals surface area contributed by atoms with E-state index in [-0.39, 0.29) is 0 Å². The third-order valence-corrected chi connectivity index (χ3v) is 2.58. The molecule has 0 fully saturated rings. The van der Waals surface area contributed by atoms with Gasteiger partial charge < -0.3 is 4.98 Å². The van der Waals surface area contributed by atoms with Crippen molar-refractivity contribution in [3.63, 3.8) is 0 Å². The molecule has 0 bridgehead atoms. The molecule has 73 valence electrons. The predicted molar refractivity (Wildman–Crippen MR) is 51.7 cm³/mol. The lowest BCUT2D eigenvalue weighted by atomic mass is 10.3. The van der Waals surface area contributed by atoms with Gasteiger partial charge in [-0.2, -0.15) is 0 Å². The van der Waals surface area contributed by atoms with Gasteiger partial charge in [0.25, 0.3) is 0 Å². The zero-order chi connectivity index (χ0) is 10.1. The van der Waals surface area contributed by atoms with Crippen LogP contribution in [-0.4, -0.2) is 35.6 Å². The Morgan fingerprint density at radius 2 is 2.40 bits per heavy atom. The van der Waals surface area contributed by atoms with Gasteiger partial charge in [0, 0.05) is 11.6 Å². The Morgan fingerprint density at radius 1 is 1.40 bits per heavy atom. The van der Waals surface area contributed by atoms with E-state index in [2.05, 4.69) is 41.9 Å². The van der Waals surface area contributed by atoms with Crippen molar-refractivity contribution in [3.8, 4) is 22.2 Å². The van der Waals surface area contributed by atoms with Crippen molar-refractivity contribution in [3.05, 3.63) is 17.9 Å². The number of nitrogens with one attached hydrogen (secondary N) is 2. The molecule has 3 aromatic rings. The summed E-state index contributed by atoms with van der Waals surface area (Å²) in [6, 6.07) is 0. The first kappa shape index (κ1) is 8.24. The Labute approximate surface area is 87.6 Å². The monoisotopic (exact) mass is 218 g/mol. The Kier molecular flexibility index (Phi) is 1.78. The molecule has 8 heteroatoms. The first-order chi connectivity index (χ1) is 7.45. The molecule has 0 atom stereocenters. The summed E-state index contributed by atoms with van der Waals surface area (Å²) in [7, 11) is 0. The Morgan fingerprint density at radius 3 is 3.13 bits per heavy atom. The number of hydrogen-bond donors (Lipinski definition) is 2. The van der Waals surface area contributed by atoms with Gasteiger partial charge in [-0.1, -0.05) is 0 Å². The van der Waals surface area contributed by atoms with E-state index < -0.39 is 0 Å². The summed E-state index contributed by atoms with van der Waals surface area (Å²) < 4.78 is 0. The predicted octanol–water partition coefficient (Wildman–Crippen LogP) is 0.513. The fourth-order valence-corrected chi connectivity index (χ4v) is 1.82. The maximum atomic E-state index is 4.16. The van der Waals surface area contributed by atoms with E-state index in [1.807, 2.05) is 5.38 Å². The van der Waals surface area contributed by atoms with E-state index in [0.717, 1.165) is 5.01 Å². The summed E-state index contributed by atoms with van der Waals surface area (Å²) in [5, 5.41) is 16.1. The quantitative estimate of drug-likeness (QED) is 0.653. The summed E-state index contributed by atoms with van der Waals surface area (Å²) >= 11 is 1.50. The number of thiazole rings is 1. The lowest BCUT2D eigenvalue weighted by Gasteiger charge is -1.93. The minimum Gasteiger partial charge on any atom is -0.332 e. The van der Waals surface area contributed by atoms with Gasteiger partial charge in [-0.15, -0.1) is 16.4 Å². The van der Waals surface area contributed by atoms with Crippen LogP contribution < -0.4 is 0 Å². The summed E-state index contributed by atoms with van der Waals surface area (Å²) in [6.07, 6.45) is 4.37. The summed E-state index contributed by atoms with van der Waals surface area (Å²) in [5.41, 5.74) is 1.39. The zero-order valence-electron chi connectivity index (χ0n) is 7.30. The standard InChI is InChI=1S/C7H4N7S/c1-2-15-7(8-1)5-4(9-3-10-5)6-11-13-14-12-6/h1-2H,(H,9,10)(H,11,12,13,14). The van der Waals surface area contributed by atoms with E-state index >= 15 is 0 Å². The van der Waals surface area contributed by atoms with Gasteiger partial charge in [0.2, 0.25) is 0 Å². The van der Waals surface area contributed by atoms with Crippen LogP contribution in [0.3, 0.4) is 0 Å².